The number of carbonyl (C=O) groups is 2. The second-order valence-corrected chi connectivity index (χ2v) is 8.83. The van der Waals surface area contributed by atoms with Crippen molar-refractivity contribution in [1.29, 1.82) is 0 Å². The molecule has 2 amide bonds. The molecule has 174 valence electrons. The minimum absolute atomic E-state index is 0.276. The highest BCUT2D eigenvalue weighted by molar-refractivity contribution is 6.30. The summed E-state index contributed by atoms with van der Waals surface area (Å²) in [7, 11) is 0. The van der Waals surface area contributed by atoms with E-state index in [4.69, 9.17) is 5.73 Å². The van der Waals surface area contributed by atoms with Crippen LogP contribution in [0.5, 0.6) is 0 Å². The number of benzene rings is 4. The van der Waals surface area contributed by atoms with Gasteiger partial charge in [0.2, 0.25) is 0 Å². The molecule has 0 bridgehead atoms. The Morgan fingerprint density at radius 3 is 1.25 bits per heavy atom. The molecule has 0 spiro atoms. The van der Waals surface area contributed by atoms with Crippen LogP contribution in [-0.4, -0.2) is 11.8 Å². The van der Waals surface area contributed by atoms with E-state index in [1.807, 2.05) is 103 Å². The minimum atomic E-state index is -0.276. The Labute approximate surface area is 209 Å². The smallest absolute Gasteiger partial charge is 0.258 e. The highest BCUT2D eigenvalue weighted by Gasteiger charge is 2.40. The Kier molecular flexibility index (Phi) is 5.32. The van der Waals surface area contributed by atoms with Crippen LogP contribution in [0, 0.1) is 0 Å². The van der Waals surface area contributed by atoms with E-state index in [9.17, 15) is 9.59 Å². The van der Waals surface area contributed by atoms with E-state index in [1.54, 1.807) is 0 Å². The summed E-state index contributed by atoms with van der Waals surface area (Å²) >= 11 is 0. The largest absolute Gasteiger partial charge is 0.326 e. The maximum Gasteiger partial charge on any atom is 0.258 e. The van der Waals surface area contributed by atoms with Crippen molar-refractivity contribution < 1.29 is 9.59 Å². The zero-order valence-electron chi connectivity index (χ0n) is 19.4. The first-order valence-corrected chi connectivity index (χ1v) is 11.8. The van der Waals surface area contributed by atoms with Gasteiger partial charge < -0.3 is 16.4 Å². The average molecular weight is 470 g/mol. The van der Waals surface area contributed by atoms with Gasteiger partial charge >= 0.3 is 0 Å². The van der Waals surface area contributed by atoms with E-state index in [-0.39, 0.29) is 11.8 Å². The summed E-state index contributed by atoms with van der Waals surface area (Å²) in [5.41, 5.74) is 14.5. The lowest BCUT2D eigenvalue weighted by Crippen LogP contribution is -2.21. The van der Waals surface area contributed by atoms with Gasteiger partial charge in [-0.25, -0.2) is 0 Å². The molecule has 0 radical (unpaired) electrons. The number of nitrogens with two attached hydrogens (primary N) is 1. The number of carbonyl (C=O) groups excluding carboxylic acids is 2. The fraction of sp³-hybridized carbons (Fsp3) is 0.0323. The Bertz CT molecular complexity index is 1550. The van der Waals surface area contributed by atoms with E-state index < -0.39 is 0 Å². The maximum atomic E-state index is 13.0. The third kappa shape index (κ3) is 3.72. The van der Waals surface area contributed by atoms with Gasteiger partial charge in [-0.2, -0.15) is 0 Å². The molecule has 0 atom stereocenters. The van der Waals surface area contributed by atoms with Crippen LogP contribution in [0.1, 0.15) is 16.7 Å². The molecule has 2 heterocycles. The second kappa shape index (κ2) is 8.80. The highest BCUT2D eigenvalue weighted by Crippen LogP contribution is 2.38. The fourth-order valence-corrected chi connectivity index (χ4v) is 4.74. The van der Waals surface area contributed by atoms with E-state index in [0.29, 0.717) is 29.1 Å². The zero-order valence-corrected chi connectivity index (χ0v) is 19.4. The fourth-order valence-electron chi connectivity index (χ4n) is 4.74. The van der Waals surface area contributed by atoms with Gasteiger partial charge in [-0.15, -0.1) is 0 Å². The molecule has 4 aromatic carbocycles. The van der Waals surface area contributed by atoms with Crippen molar-refractivity contribution >= 4 is 23.2 Å². The number of nitrogens with one attached hydrogen (secondary N) is 2. The van der Waals surface area contributed by atoms with Crippen LogP contribution < -0.4 is 16.4 Å². The maximum absolute atomic E-state index is 13.0. The quantitative estimate of drug-likeness (QED) is 0.390. The highest BCUT2D eigenvalue weighted by atomic mass is 16.2. The van der Waals surface area contributed by atoms with Gasteiger partial charge in [0.25, 0.3) is 11.8 Å². The topological polar surface area (TPSA) is 84.2 Å². The van der Waals surface area contributed by atoms with Crippen molar-refractivity contribution in [2.75, 3.05) is 0 Å². The number of fused-ring (bicyclic) bond motifs is 1. The van der Waals surface area contributed by atoms with E-state index in [0.717, 1.165) is 38.9 Å². The molecule has 0 unspecified atom stereocenters. The van der Waals surface area contributed by atoms with Gasteiger partial charge in [0, 0.05) is 6.54 Å². The summed E-state index contributed by atoms with van der Waals surface area (Å²) in [4.78, 5) is 26.0. The molecule has 36 heavy (non-hydrogen) atoms. The molecule has 0 saturated heterocycles. The second-order valence-electron chi connectivity index (χ2n) is 8.83. The lowest BCUT2D eigenvalue weighted by Gasteiger charge is -2.09. The predicted molar refractivity (Wildman–Crippen MR) is 142 cm³/mol. The summed E-state index contributed by atoms with van der Waals surface area (Å²) in [5.74, 6) is -0.552. The van der Waals surface area contributed by atoms with Crippen LogP contribution in [0.4, 0.5) is 0 Å². The first kappa shape index (κ1) is 21.8. The molecule has 0 aliphatic carbocycles. The third-order valence-corrected chi connectivity index (χ3v) is 6.66. The molecule has 5 heteroatoms. The predicted octanol–water partition coefficient (Wildman–Crippen LogP) is 4.86. The molecule has 4 aromatic rings. The van der Waals surface area contributed by atoms with Crippen molar-refractivity contribution in [1.82, 2.24) is 10.6 Å². The molecule has 2 aliphatic rings. The lowest BCUT2D eigenvalue weighted by atomic mass is 9.98. The van der Waals surface area contributed by atoms with E-state index >= 15 is 0 Å². The Hall–Kier alpha value is -4.74. The van der Waals surface area contributed by atoms with Crippen molar-refractivity contribution in [2.24, 2.45) is 5.73 Å². The van der Waals surface area contributed by atoms with Crippen molar-refractivity contribution in [3.63, 3.8) is 0 Å². The molecule has 2 aliphatic heterocycles. The van der Waals surface area contributed by atoms with Crippen molar-refractivity contribution in [2.45, 2.75) is 6.54 Å². The zero-order chi connectivity index (χ0) is 24.6. The first-order valence-electron chi connectivity index (χ1n) is 11.8. The molecule has 6 rings (SSSR count). The van der Waals surface area contributed by atoms with Crippen LogP contribution in [0.3, 0.4) is 0 Å². The standard InChI is InChI=1S/C31H23N3O2/c32-18-19-6-8-21(9-7-19)23-12-16-25(17-13-23)29-27-26(30(35)34-29)28(33-31(27)36)24-14-10-22(11-15-24)20-4-2-1-3-5-20/h1-17H,18,32H2,(H,33,36)(H,34,35). The van der Waals surface area contributed by atoms with Gasteiger partial charge in [-0.1, -0.05) is 103 Å². The van der Waals surface area contributed by atoms with Gasteiger partial charge in [-0.05, 0) is 38.9 Å². The SMILES string of the molecule is NCc1ccc(-c2ccc(C3=C4C(=O)NC(c5ccc(-c6ccccc6)cc5)=C4C(=O)N3)cc2)cc1. The molecular weight excluding hydrogens is 446 g/mol. The average Bonchev–Trinajstić information content (AvgIpc) is 3.47. The van der Waals surface area contributed by atoms with Crippen LogP contribution >= 0.6 is 0 Å². The summed E-state index contributed by atoms with van der Waals surface area (Å²) in [6.45, 7) is 0.507. The van der Waals surface area contributed by atoms with E-state index in [1.165, 1.54) is 0 Å². The summed E-state index contributed by atoms with van der Waals surface area (Å²) in [5, 5.41) is 5.84. The van der Waals surface area contributed by atoms with Crippen LogP contribution in [0.25, 0.3) is 33.6 Å². The molecular formula is C31H23N3O2. The molecule has 4 N–H and O–H groups in total. The third-order valence-electron chi connectivity index (χ3n) is 6.66. The monoisotopic (exact) mass is 469 g/mol. The Balaban J connectivity index is 1.34. The number of amides is 2. The number of rotatable bonds is 5. The minimum Gasteiger partial charge on any atom is -0.326 e. The van der Waals surface area contributed by atoms with E-state index in [2.05, 4.69) is 10.6 Å². The van der Waals surface area contributed by atoms with Gasteiger partial charge in [0.1, 0.15) is 0 Å². The van der Waals surface area contributed by atoms with Crippen LogP contribution in [0.2, 0.25) is 0 Å². The molecule has 5 nitrogen and oxygen atoms in total. The molecule has 0 aromatic heterocycles. The number of hydrogen-bond donors (Lipinski definition) is 3. The normalized spacial score (nSPS) is 14.7. The Morgan fingerprint density at radius 2 is 0.833 bits per heavy atom. The van der Waals surface area contributed by atoms with Crippen molar-refractivity contribution in [3.8, 4) is 22.3 Å². The summed E-state index contributed by atoms with van der Waals surface area (Å²) in [6.07, 6.45) is 0. The Morgan fingerprint density at radius 1 is 0.472 bits per heavy atom. The van der Waals surface area contributed by atoms with Crippen LogP contribution in [-0.2, 0) is 16.1 Å². The van der Waals surface area contributed by atoms with Gasteiger partial charge in [0.15, 0.2) is 0 Å². The molecule has 0 saturated carbocycles. The summed E-state index contributed by atoms with van der Waals surface area (Å²) in [6, 6.07) is 33.9. The van der Waals surface area contributed by atoms with Crippen LogP contribution in [0.15, 0.2) is 114 Å². The van der Waals surface area contributed by atoms with Gasteiger partial charge in [0.05, 0.1) is 22.5 Å². The lowest BCUT2D eigenvalue weighted by molar-refractivity contribution is -0.117. The molecule has 0 fully saturated rings. The number of hydrogen-bond acceptors (Lipinski definition) is 3. The van der Waals surface area contributed by atoms with Gasteiger partial charge in [-0.3, -0.25) is 9.59 Å². The summed E-state index contributed by atoms with van der Waals surface area (Å²) < 4.78 is 0. The first-order chi connectivity index (χ1) is 17.6. The van der Waals surface area contributed by atoms with Crippen molar-refractivity contribution in [3.05, 3.63) is 131 Å².